The number of carbonyl (C=O) groups excluding carboxylic acids is 1. The number of Topliss-reactive ketones (excluding diaryl/α,β-unsaturated/α-hetero) is 1. The number of carbonyl (C=O) groups is 1. The molecule has 0 amide bonds. The lowest BCUT2D eigenvalue weighted by Gasteiger charge is -2.10. The molecular weight excluding hydrogens is 256 g/mol. The molecule has 21 heavy (non-hydrogen) atoms. The normalized spacial score (nSPS) is 12.3. The van der Waals surface area contributed by atoms with Crippen molar-refractivity contribution >= 4 is 5.78 Å². The first-order chi connectivity index (χ1) is 10.2. The monoisotopic (exact) mass is 288 g/mol. The quantitative estimate of drug-likeness (QED) is 0.433. The van der Waals surface area contributed by atoms with Crippen LogP contribution in [0.15, 0.2) is 30.3 Å². The van der Waals surface area contributed by atoms with Crippen LogP contribution in [0.1, 0.15) is 77.2 Å². The standard InChI is InChI=1S/C20H32O/c1-3-4-5-6-7-8-12-15-20(21)18(2)16-17-19-13-10-9-11-14-19/h9-11,13-14,18H,3-8,12,15-17H2,1-2H3/t18-/m0/s1. The van der Waals surface area contributed by atoms with Crippen molar-refractivity contribution in [2.75, 3.05) is 0 Å². The molecule has 1 rings (SSSR count). The van der Waals surface area contributed by atoms with Crippen molar-refractivity contribution in [3.05, 3.63) is 35.9 Å². The topological polar surface area (TPSA) is 17.1 Å². The SMILES string of the molecule is CCCCCCCCCC(=O)[C@@H](C)CCc1ccccc1. The van der Waals surface area contributed by atoms with E-state index in [4.69, 9.17) is 0 Å². The minimum Gasteiger partial charge on any atom is -0.299 e. The Labute approximate surface area is 131 Å². The van der Waals surface area contributed by atoms with Crippen LogP contribution < -0.4 is 0 Å². The zero-order valence-corrected chi connectivity index (χ0v) is 13.9. The molecule has 0 radical (unpaired) electrons. The molecule has 0 heterocycles. The van der Waals surface area contributed by atoms with Gasteiger partial charge in [0.15, 0.2) is 0 Å². The van der Waals surface area contributed by atoms with E-state index in [9.17, 15) is 4.79 Å². The maximum absolute atomic E-state index is 12.1. The van der Waals surface area contributed by atoms with E-state index >= 15 is 0 Å². The van der Waals surface area contributed by atoms with Gasteiger partial charge in [-0.2, -0.15) is 0 Å². The first-order valence-electron chi connectivity index (χ1n) is 8.80. The Morgan fingerprint density at radius 2 is 1.57 bits per heavy atom. The highest BCUT2D eigenvalue weighted by Crippen LogP contribution is 2.15. The van der Waals surface area contributed by atoms with Gasteiger partial charge in [0.2, 0.25) is 0 Å². The number of hydrogen-bond acceptors (Lipinski definition) is 1. The fourth-order valence-electron chi connectivity index (χ4n) is 2.69. The van der Waals surface area contributed by atoms with E-state index in [1.54, 1.807) is 0 Å². The molecule has 1 aromatic carbocycles. The van der Waals surface area contributed by atoms with Crippen molar-refractivity contribution in [1.82, 2.24) is 0 Å². The number of benzene rings is 1. The minimum absolute atomic E-state index is 0.213. The highest BCUT2D eigenvalue weighted by Gasteiger charge is 2.12. The molecule has 0 N–H and O–H groups in total. The van der Waals surface area contributed by atoms with Crippen LogP contribution in [-0.2, 0) is 11.2 Å². The van der Waals surface area contributed by atoms with Crippen LogP contribution in [0.4, 0.5) is 0 Å². The summed E-state index contributed by atoms with van der Waals surface area (Å²) in [4.78, 5) is 12.1. The summed E-state index contributed by atoms with van der Waals surface area (Å²) < 4.78 is 0. The van der Waals surface area contributed by atoms with Gasteiger partial charge in [-0.25, -0.2) is 0 Å². The first kappa shape index (κ1) is 17.9. The van der Waals surface area contributed by atoms with Crippen LogP contribution in [0.5, 0.6) is 0 Å². The van der Waals surface area contributed by atoms with Gasteiger partial charge in [-0.1, -0.05) is 82.7 Å². The summed E-state index contributed by atoms with van der Waals surface area (Å²) in [5.41, 5.74) is 1.34. The van der Waals surface area contributed by atoms with Gasteiger partial charge in [-0.05, 0) is 24.8 Å². The van der Waals surface area contributed by atoms with Gasteiger partial charge < -0.3 is 0 Å². The summed E-state index contributed by atoms with van der Waals surface area (Å²) in [7, 11) is 0. The van der Waals surface area contributed by atoms with Crippen molar-refractivity contribution in [3.63, 3.8) is 0 Å². The molecular formula is C20H32O. The highest BCUT2D eigenvalue weighted by atomic mass is 16.1. The summed E-state index contributed by atoms with van der Waals surface area (Å²) in [5.74, 6) is 0.671. The van der Waals surface area contributed by atoms with Crippen molar-refractivity contribution in [2.24, 2.45) is 5.92 Å². The zero-order chi connectivity index (χ0) is 15.3. The van der Waals surface area contributed by atoms with Gasteiger partial charge in [0.1, 0.15) is 5.78 Å². The van der Waals surface area contributed by atoms with Crippen molar-refractivity contribution in [3.8, 4) is 0 Å². The minimum atomic E-state index is 0.213. The third-order valence-corrected chi connectivity index (χ3v) is 4.29. The van der Waals surface area contributed by atoms with E-state index in [2.05, 4.69) is 38.1 Å². The fraction of sp³-hybridized carbons (Fsp3) is 0.650. The van der Waals surface area contributed by atoms with E-state index in [0.29, 0.717) is 5.78 Å². The molecule has 1 heteroatoms. The van der Waals surface area contributed by atoms with Gasteiger partial charge in [0, 0.05) is 12.3 Å². The second-order valence-corrected chi connectivity index (χ2v) is 6.26. The Bertz CT molecular complexity index is 369. The molecule has 0 aliphatic carbocycles. The first-order valence-corrected chi connectivity index (χ1v) is 8.80. The lowest BCUT2D eigenvalue weighted by Crippen LogP contribution is -2.11. The maximum atomic E-state index is 12.1. The number of hydrogen-bond donors (Lipinski definition) is 0. The van der Waals surface area contributed by atoms with Crippen molar-refractivity contribution in [2.45, 2.75) is 78.1 Å². The molecule has 0 aliphatic rings. The molecule has 0 aromatic heterocycles. The Balaban J connectivity index is 2.06. The molecule has 1 atom stereocenters. The molecule has 118 valence electrons. The fourth-order valence-corrected chi connectivity index (χ4v) is 2.69. The summed E-state index contributed by atoms with van der Waals surface area (Å²) in [6.45, 7) is 4.34. The molecule has 1 nitrogen and oxygen atoms in total. The van der Waals surface area contributed by atoms with Gasteiger partial charge >= 0.3 is 0 Å². The molecule has 0 saturated heterocycles. The lowest BCUT2D eigenvalue weighted by molar-refractivity contribution is -0.122. The number of rotatable bonds is 12. The molecule has 1 aromatic rings. The van der Waals surface area contributed by atoms with Gasteiger partial charge in [0.25, 0.3) is 0 Å². The van der Waals surface area contributed by atoms with Crippen LogP contribution in [-0.4, -0.2) is 5.78 Å². The van der Waals surface area contributed by atoms with E-state index < -0.39 is 0 Å². The predicted molar refractivity (Wildman–Crippen MR) is 91.5 cm³/mol. The van der Waals surface area contributed by atoms with Gasteiger partial charge in [-0.15, -0.1) is 0 Å². The highest BCUT2D eigenvalue weighted by molar-refractivity contribution is 5.80. The zero-order valence-electron chi connectivity index (χ0n) is 13.9. The molecule has 0 fully saturated rings. The lowest BCUT2D eigenvalue weighted by atomic mass is 9.94. The average molecular weight is 288 g/mol. The molecule has 0 bridgehead atoms. The number of aryl methyl sites for hydroxylation is 1. The average Bonchev–Trinajstić information content (AvgIpc) is 2.52. The van der Waals surface area contributed by atoms with Crippen LogP contribution in [0.25, 0.3) is 0 Å². The summed E-state index contributed by atoms with van der Waals surface area (Å²) in [6, 6.07) is 10.5. The van der Waals surface area contributed by atoms with Gasteiger partial charge in [-0.3, -0.25) is 4.79 Å². The third kappa shape index (κ3) is 8.70. The predicted octanol–water partition coefficient (Wildman–Crippen LogP) is 5.97. The van der Waals surface area contributed by atoms with Crippen molar-refractivity contribution in [1.29, 1.82) is 0 Å². The van der Waals surface area contributed by atoms with Gasteiger partial charge in [0.05, 0.1) is 0 Å². The van der Waals surface area contributed by atoms with E-state index in [1.165, 1.54) is 44.1 Å². The molecule has 0 aliphatic heterocycles. The van der Waals surface area contributed by atoms with Crippen LogP contribution in [0.3, 0.4) is 0 Å². The Kier molecular flexibility index (Phi) is 9.86. The summed E-state index contributed by atoms with van der Waals surface area (Å²) >= 11 is 0. The van der Waals surface area contributed by atoms with Crippen LogP contribution >= 0.6 is 0 Å². The Morgan fingerprint density at radius 1 is 0.952 bits per heavy atom. The van der Waals surface area contributed by atoms with Crippen LogP contribution in [0.2, 0.25) is 0 Å². The van der Waals surface area contributed by atoms with E-state index in [1.807, 2.05) is 6.07 Å². The second kappa shape index (κ2) is 11.5. The van der Waals surface area contributed by atoms with E-state index in [-0.39, 0.29) is 5.92 Å². The summed E-state index contributed by atoms with van der Waals surface area (Å²) in [6.07, 6.45) is 11.7. The van der Waals surface area contributed by atoms with Crippen LogP contribution in [0, 0.1) is 5.92 Å². The maximum Gasteiger partial charge on any atom is 0.135 e. The molecule has 0 spiro atoms. The third-order valence-electron chi connectivity index (χ3n) is 4.29. The van der Waals surface area contributed by atoms with E-state index in [0.717, 1.165) is 25.7 Å². The largest absolute Gasteiger partial charge is 0.299 e. The second-order valence-electron chi connectivity index (χ2n) is 6.26. The number of unbranched alkanes of at least 4 members (excludes halogenated alkanes) is 6. The Morgan fingerprint density at radius 3 is 2.24 bits per heavy atom. The number of ketones is 1. The molecule has 0 unspecified atom stereocenters. The molecule has 0 saturated carbocycles. The Hall–Kier alpha value is -1.11. The van der Waals surface area contributed by atoms with Crippen molar-refractivity contribution < 1.29 is 4.79 Å². The smallest absolute Gasteiger partial charge is 0.135 e. The summed E-state index contributed by atoms with van der Waals surface area (Å²) in [5, 5.41) is 0.